The van der Waals surface area contributed by atoms with Crippen LogP contribution in [-0.4, -0.2) is 49.4 Å². The van der Waals surface area contributed by atoms with Crippen molar-refractivity contribution >= 4 is 5.95 Å². The SMILES string of the molecule is CNCC1COCCN1c1nc(C)cc(C(C)C)n1. The molecule has 19 heavy (non-hydrogen) atoms. The Bertz CT molecular complexity index is 420. The van der Waals surface area contributed by atoms with Crippen molar-refractivity contribution in [1.29, 1.82) is 0 Å². The van der Waals surface area contributed by atoms with Crippen LogP contribution < -0.4 is 10.2 Å². The van der Waals surface area contributed by atoms with Crippen LogP contribution in [0.3, 0.4) is 0 Å². The fourth-order valence-electron chi connectivity index (χ4n) is 2.32. The van der Waals surface area contributed by atoms with Gasteiger partial charge in [-0.3, -0.25) is 0 Å². The number of ether oxygens (including phenoxy) is 1. The Hall–Kier alpha value is -1.20. The molecule has 5 nitrogen and oxygen atoms in total. The number of morpholine rings is 1. The molecule has 0 aliphatic carbocycles. The van der Waals surface area contributed by atoms with Crippen molar-refractivity contribution in [3.8, 4) is 0 Å². The van der Waals surface area contributed by atoms with E-state index in [-0.39, 0.29) is 0 Å². The Morgan fingerprint density at radius 2 is 2.26 bits per heavy atom. The maximum atomic E-state index is 5.56. The molecule has 0 spiro atoms. The summed E-state index contributed by atoms with van der Waals surface area (Å²) in [6.45, 7) is 9.57. The Morgan fingerprint density at radius 1 is 1.47 bits per heavy atom. The minimum absolute atomic E-state index is 0.306. The van der Waals surface area contributed by atoms with Crippen LogP contribution in [-0.2, 0) is 4.74 Å². The highest BCUT2D eigenvalue weighted by atomic mass is 16.5. The molecule has 1 aromatic rings. The van der Waals surface area contributed by atoms with E-state index < -0.39 is 0 Å². The average Bonchev–Trinajstić information content (AvgIpc) is 2.39. The Balaban J connectivity index is 2.27. The van der Waals surface area contributed by atoms with Crippen LogP contribution in [0.15, 0.2) is 6.07 Å². The third-order valence-electron chi connectivity index (χ3n) is 3.38. The number of anilines is 1. The van der Waals surface area contributed by atoms with E-state index in [4.69, 9.17) is 9.72 Å². The van der Waals surface area contributed by atoms with Gasteiger partial charge in [-0.15, -0.1) is 0 Å². The van der Waals surface area contributed by atoms with Crippen LogP contribution in [0.4, 0.5) is 5.95 Å². The van der Waals surface area contributed by atoms with E-state index >= 15 is 0 Å². The highest BCUT2D eigenvalue weighted by Gasteiger charge is 2.25. The number of likely N-dealkylation sites (N-methyl/N-ethyl adjacent to an activating group) is 1. The summed E-state index contributed by atoms with van der Waals surface area (Å²) >= 11 is 0. The van der Waals surface area contributed by atoms with Crippen molar-refractivity contribution in [2.45, 2.75) is 32.7 Å². The molecule has 1 aliphatic rings. The third-order valence-corrected chi connectivity index (χ3v) is 3.38. The normalized spacial score (nSPS) is 20.1. The molecule has 1 fully saturated rings. The average molecular weight is 264 g/mol. The van der Waals surface area contributed by atoms with Crippen LogP contribution >= 0.6 is 0 Å². The first-order chi connectivity index (χ1) is 9.11. The van der Waals surface area contributed by atoms with Gasteiger partial charge in [-0.25, -0.2) is 9.97 Å². The van der Waals surface area contributed by atoms with E-state index in [0.29, 0.717) is 12.0 Å². The molecule has 106 valence electrons. The van der Waals surface area contributed by atoms with Gasteiger partial charge in [-0.05, 0) is 26.0 Å². The molecule has 2 heterocycles. The molecule has 1 aromatic heterocycles. The summed E-state index contributed by atoms with van der Waals surface area (Å²) in [6.07, 6.45) is 0. The molecule has 5 heteroatoms. The van der Waals surface area contributed by atoms with Crippen molar-refractivity contribution in [3.05, 3.63) is 17.5 Å². The fraction of sp³-hybridized carbons (Fsp3) is 0.714. The van der Waals surface area contributed by atoms with Crippen molar-refractivity contribution in [3.63, 3.8) is 0 Å². The lowest BCUT2D eigenvalue weighted by molar-refractivity contribution is 0.0934. The second-order valence-electron chi connectivity index (χ2n) is 5.37. The molecular weight excluding hydrogens is 240 g/mol. The summed E-state index contributed by atoms with van der Waals surface area (Å²) in [5, 5.41) is 3.21. The van der Waals surface area contributed by atoms with E-state index in [0.717, 1.165) is 43.6 Å². The Morgan fingerprint density at radius 3 is 2.95 bits per heavy atom. The molecule has 0 amide bonds. The minimum Gasteiger partial charge on any atom is -0.377 e. The second-order valence-corrected chi connectivity index (χ2v) is 5.37. The van der Waals surface area contributed by atoms with Crippen LogP contribution in [0, 0.1) is 6.92 Å². The van der Waals surface area contributed by atoms with Gasteiger partial charge in [0.05, 0.1) is 19.3 Å². The Kier molecular flexibility index (Phi) is 4.71. The molecule has 0 bridgehead atoms. The molecule has 0 aromatic carbocycles. The molecule has 1 unspecified atom stereocenters. The van der Waals surface area contributed by atoms with Gasteiger partial charge in [0, 0.05) is 24.5 Å². The summed E-state index contributed by atoms with van der Waals surface area (Å²) in [5.74, 6) is 1.26. The van der Waals surface area contributed by atoms with Crippen molar-refractivity contribution in [2.75, 3.05) is 38.3 Å². The first-order valence-electron chi connectivity index (χ1n) is 6.96. The number of nitrogens with one attached hydrogen (secondary N) is 1. The number of aryl methyl sites for hydroxylation is 1. The van der Waals surface area contributed by atoms with Gasteiger partial charge in [0.1, 0.15) is 0 Å². The van der Waals surface area contributed by atoms with Gasteiger partial charge < -0.3 is 15.0 Å². The molecular formula is C14H24N4O. The molecule has 1 atom stereocenters. The van der Waals surface area contributed by atoms with Crippen LogP contribution in [0.5, 0.6) is 0 Å². The van der Waals surface area contributed by atoms with Gasteiger partial charge in [0.2, 0.25) is 5.95 Å². The van der Waals surface area contributed by atoms with Crippen LogP contribution in [0.2, 0.25) is 0 Å². The zero-order valence-electron chi connectivity index (χ0n) is 12.3. The van der Waals surface area contributed by atoms with Gasteiger partial charge in [0.25, 0.3) is 0 Å². The second kappa shape index (κ2) is 6.30. The number of hydrogen-bond donors (Lipinski definition) is 1. The maximum absolute atomic E-state index is 5.56. The molecule has 2 rings (SSSR count). The summed E-state index contributed by atoms with van der Waals surface area (Å²) < 4.78 is 5.56. The summed E-state index contributed by atoms with van der Waals surface area (Å²) in [4.78, 5) is 11.6. The third kappa shape index (κ3) is 3.42. The standard InChI is InChI=1S/C14H24N4O/c1-10(2)13-7-11(3)16-14(17-13)18-5-6-19-9-12(18)8-15-4/h7,10,12,15H,5-6,8-9H2,1-4H3. The van der Waals surface area contributed by atoms with Crippen LogP contribution in [0.1, 0.15) is 31.2 Å². The summed E-state index contributed by atoms with van der Waals surface area (Å²) in [5.41, 5.74) is 2.14. The van der Waals surface area contributed by atoms with E-state index in [1.807, 2.05) is 14.0 Å². The van der Waals surface area contributed by atoms with Gasteiger partial charge in [0.15, 0.2) is 0 Å². The predicted molar refractivity (Wildman–Crippen MR) is 76.7 cm³/mol. The highest BCUT2D eigenvalue weighted by molar-refractivity contribution is 5.35. The molecule has 1 aliphatic heterocycles. The number of rotatable bonds is 4. The quantitative estimate of drug-likeness (QED) is 0.889. The van der Waals surface area contributed by atoms with Gasteiger partial charge in [-0.2, -0.15) is 0 Å². The summed E-state index contributed by atoms with van der Waals surface area (Å²) in [7, 11) is 1.96. The zero-order chi connectivity index (χ0) is 13.8. The fourth-order valence-corrected chi connectivity index (χ4v) is 2.32. The van der Waals surface area contributed by atoms with E-state index in [2.05, 4.69) is 35.1 Å². The lowest BCUT2D eigenvalue weighted by Gasteiger charge is -2.35. The molecule has 1 saturated heterocycles. The van der Waals surface area contributed by atoms with Crippen molar-refractivity contribution in [1.82, 2.24) is 15.3 Å². The van der Waals surface area contributed by atoms with Crippen LogP contribution in [0.25, 0.3) is 0 Å². The highest BCUT2D eigenvalue weighted by Crippen LogP contribution is 2.19. The predicted octanol–water partition coefficient (Wildman–Crippen LogP) is 1.33. The molecule has 0 radical (unpaired) electrons. The lowest BCUT2D eigenvalue weighted by atomic mass is 10.1. The first kappa shape index (κ1) is 14.2. The monoisotopic (exact) mass is 264 g/mol. The van der Waals surface area contributed by atoms with E-state index in [1.54, 1.807) is 0 Å². The molecule has 1 N–H and O–H groups in total. The van der Waals surface area contributed by atoms with E-state index in [9.17, 15) is 0 Å². The first-order valence-corrected chi connectivity index (χ1v) is 6.96. The topological polar surface area (TPSA) is 50.3 Å². The molecule has 0 saturated carbocycles. The Labute approximate surface area is 115 Å². The van der Waals surface area contributed by atoms with Gasteiger partial charge >= 0.3 is 0 Å². The van der Waals surface area contributed by atoms with Gasteiger partial charge in [-0.1, -0.05) is 13.8 Å². The lowest BCUT2D eigenvalue weighted by Crippen LogP contribution is -2.50. The largest absolute Gasteiger partial charge is 0.377 e. The van der Waals surface area contributed by atoms with E-state index in [1.165, 1.54) is 0 Å². The van der Waals surface area contributed by atoms with Crippen molar-refractivity contribution < 1.29 is 4.74 Å². The maximum Gasteiger partial charge on any atom is 0.226 e. The summed E-state index contributed by atoms with van der Waals surface area (Å²) in [6, 6.07) is 2.38. The number of nitrogens with zero attached hydrogens (tertiary/aromatic N) is 3. The zero-order valence-corrected chi connectivity index (χ0v) is 12.3. The number of aromatic nitrogens is 2. The minimum atomic E-state index is 0.306. The number of hydrogen-bond acceptors (Lipinski definition) is 5. The smallest absolute Gasteiger partial charge is 0.226 e. The van der Waals surface area contributed by atoms with Crippen molar-refractivity contribution in [2.24, 2.45) is 0 Å².